The van der Waals surface area contributed by atoms with E-state index in [4.69, 9.17) is 16.1 Å². The molecule has 2 heterocycles. The van der Waals surface area contributed by atoms with Gasteiger partial charge in [0.1, 0.15) is 0 Å². The molecule has 8 heteroatoms. The van der Waals surface area contributed by atoms with Gasteiger partial charge in [-0.1, -0.05) is 54.0 Å². The standard InChI is InChI=1S/C23H26ClN5O2/c1-2-17-7-3-6-10-20(17)25-21(30)15-28-11-13-29(14-12-28)16-22-26-23(27-31-22)18-8-4-5-9-19(18)24/h3-10H,2,11-16H2,1H3,(H,25,30). The molecule has 4 rings (SSSR count). The second kappa shape index (κ2) is 10.0. The number of nitrogens with zero attached hydrogens (tertiary/aromatic N) is 4. The Hall–Kier alpha value is -2.74. The Labute approximate surface area is 187 Å². The molecular formula is C23H26ClN5O2. The first-order valence-corrected chi connectivity index (χ1v) is 10.9. The third kappa shape index (κ3) is 5.50. The predicted molar refractivity (Wildman–Crippen MR) is 121 cm³/mol. The summed E-state index contributed by atoms with van der Waals surface area (Å²) in [5, 5.41) is 7.71. The number of anilines is 1. The Kier molecular flexibility index (Phi) is 6.96. The first-order chi connectivity index (χ1) is 15.1. The largest absolute Gasteiger partial charge is 0.338 e. The number of amides is 1. The molecular weight excluding hydrogens is 414 g/mol. The highest BCUT2D eigenvalue weighted by molar-refractivity contribution is 6.33. The van der Waals surface area contributed by atoms with Crippen LogP contribution in [0, 0.1) is 0 Å². The average molecular weight is 440 g/mol. The van der Waals surface area contributed by atoms with Gasteiger partial charge in [0.05, 0.1) is 18.1 Å². The quantitative estimate of drug-likeness (QED) is 0.605. The van der Waals surface area contributed by atoms with E-state index in [-0.39, 0.29) is 5.91 Å². The lowest BCUT2D eigenvalue weighted by atomic mass is 10.1. The second-order valence-corrected chi connectivity index (χ2v) is 8.01. The van der Waals surface area contributed by atoms with Crippen molar-refractivity contribution in [2.24, 2.45) is 0 Å². The number of aromatic nitrogens is 2. The third-order valence-electron chi connectivity index (χ3n) is 5.45. The van der Waals surface area contributed by atoms with Gasteiger partial charge in [-0.3, -0.25) is 14.6 Å². The Morgan fingerprint density at radius 2 is 1.77 bits per heavy atom. The maximum atomic E-state index is 12.5. The molecule has 0 radical (unpaired) electrons. The van der Waals surface area contributed by atoms with Crippen LogP contribution in [0.15, 0.2) is 53.1 Å². The van der Waals surface area contributed by atoms with Crippen LogP contribution in [0.1, 0.15) is 18.4 Å². The minimum atomic E-state index is 0.0237. The number of nitrogens with one attached hydrogen (secondary N) is 1. The molecule has 1 amide bonds. The summed E-state index contributed by atoms with van der Waals surface area (Å²) >= 11 is 6.22. The number of para-hydroxylation sites is 1. The van der Waals surface area contributed by atoms with Gasteiger partial charge in [-0.2, -0.15) is 4.98 Å². The molecule has 0 spiro atoms. The summed E-state index contributed by atoms with van der Waals surface area (Å²) < 4.78 is 5.42. The zero-order valence-electron chi connectivity index (χ0n) is 17.6. The molecule has 1 aliphatic rings. The van der Waals surface area contributed by atoms with Gasteiger partial charge in [0, 0.05) is 37.4 Å². The first kappa shape index (κ1) is 21.5. The van der Waals surface area contributed by atoms with E-state index in [1.165, 1.54) is 0 Å². The number of piperazine rings is 1. The van der Waals surface area contributed by atoms with Crippen LogP contribution >= 0.6 is 11.6 Å². The van der Waals surface area contributed by atoms with Crippen molar-refractivity contribution in [3.05, 3.63) is 65.0 Å². The van der Waals surface area contributed by atoms with E-state index in [2.05, 4.69) is 32.2 Å². The summed E-state index contributed by atoms with van der Waals surface area (Å²) in [6.45, 7) is 6.36. The molecule has 0 atom stereocenters. The number of rotatable bonds is 7. The number of carbonyl (C=O) groups is 1. The lowest BCUT2D eigenvalue weighted by Crippen LogP contribution is -2.48. The molecule has 1 fully saturated rings. The first-order valence-electron chi connectivity index (χ1n) is 10.5. The summed E-state index contributed by atoms with van der Waals surface area (Å²) in [4.78, 5) is 21.4. The molecule has 7 nitrogen and oxygen atoms in total. The zero-order valence-corrected chi connectivity index (χ0v) is 18.3. The summed E-state index contributed by atoms with van der Waals surface area (Å²) in [6.07, 6.45) is 0.892. The normalized spacial score (nSPS) is 15.2. The van der Waals surface area contributed by atoms with E-state index >= 15 is 0 Å². The number of carbonyl (C=O) groups excluding carboxylic acids is 1. The minimum absolute atomic E-state index is 0.0237. The summed E-state index contributed by atoms with van der Waals surface area (Å²) in [5.74, 6) is 1.09. The molecule has 1 N–H and O–H groups in total. The van der Waals surface area contributed by atoms with Crippen molar-refractivity contribution in [2.45, 2.75) is 19.9 Å². The van der Waals surface area contributed by atoms with Gasteiger partial charge in [-0.25, -0.2) is 0 Å². The molecule has 162 valence electrons. The SMILES string of the molecule is CCc1ccccc1NC(=O)CN1CCN(Cc2nc(-c3ccccc3Cl)no2)CC1. The van der Waals surface area contributed by atoms with Crippen LogP contribution in [0.2, 0.25) is 5.02 Å². The van der Waals surface area contributed by atoms with Crippen molar-refractivity contribution in [1.82, 2.24) is 19.9 Å². The Balaban J connectivity index is 1.26. The van der Waals surface area contributed by atoms with Crippen molar-refractivity contribution in [3.8, 4) is 11.4 Å². The second-order valence-electron chi connectivity index (χ2n) is 7.60. The molecule has 3 aromatic rings. The van der Waals surface area contributed by atoms with Gasteiger partial charge < -0.3 is 9.84 Å². The summed E-state index contributed by atoms with van der Waals surface area (Å²) in [6, 6.07) is 15.4. The summed E-state index contributed by atoms with van der Waals surface area (Å²) in [5.41, 5.74) is 2.82. The van der Waals surface area contributed by atoms with Crippen LogP contribution in [0.5, 0.6) is 0 Å². The van der Waals surface area contributed by atoms with Crippen molar-refractivity contribution in [3.63, 3.8) is 0 Å². The van der Waals surface area contributed by atoms with Crippen molar-refractivity contribution in [1.29, 1.82) is 0 Å². The monoisotopic (exact) mass is 439 g/mol. The smallest absolute Gasteiger partial charge is 0.241 e. The van der Waals surface area contributed by atoms with E-state index in [9.17, 15) is 4.79 Å². The lowest BCUT2D eigenvalue weighted by Gasteiger charge is -2.33. The van der Waals surface area contributed by atoms with E-state index in [0.29, 0.717) is 29.8 Å². The molecule has 1 saturated heterocycles. The fourth-order valence-electron chi connectivity index (χ4n) is 3.71. The number of halogens is 1. The van der Waals surface area contributed by atoms with Crippen molar-refractivity contribution < 1.29 is 9.32 Å². The fraction of sp³-hybridized carbons (Fsp3) is 0.348. The predicted octanol–water partition coefficient (Wildman–Crippen LogP) is 3.71. The van der Waals surface area contributed by atoms with Gasteiger partial charge in [0.2, 0.25) is 17.6 Å². The van der Waals surface area contributed by atoms with E-state index in [1.54, 1.807) is 0 Å². The molecule has 31 heavy (non-hydrogen) atoms. The van der Waals surface area contributed by atoms with Gasteiger partial charge in [0.25, 0.3) is 0 Å². The Bertz CT molecular complexity index is 1030. The molecule has 1 aliphatic heterocycles. The fourth-order valence-corrected chi connectivity index (χ4v) is 3.93. The van der Waals surface area contributed by atoms with Crippen molar-refractivity contribution in [2.75, 3.05) is 38.0 Å². The lowest BCUT2D eigenvalue weighted by molar-refractivity contribution is -0.117. The van der Waals surface area contributed by atoms with E-state index in [0.717, 1.165) is 49.4 Å². The highest BCUT2D eigenvalue weighted by atomic mass is 35.5. The zero-order chi connectivity index (χ0) is 21.6. The highest BCUT2D eigenvalue weighted by Crippen LogP contribution is 2.25. The van der Waals surface area contributed by atoms with Gasteiger partial charge in [-0.05, 0) is 30.2 Å². The van der Waals surface area contributed by atoms with Crippen LogP contribution in [0.25, 0.3) is 11.4 Å². The number of benzene rings is 2. The van der Waals surface area contributed by atoms with Crippen LogP contribution in [-0.4, -0.2) is 58.6 Å². The number of aryl methyl sites for hydroxylation is 1. The third-order valence-corrected chi connectivity index (χ3v) is 5.78. The topological polar surface area (TPSA) is 74.5 Å². The number of hydrogen-bond donors (Lipinski definition) is 1. The Morgan fingerprint density at radius 1 is 1.06 bits per heavy atom. The van der Waals surface area contributed by atoms with Crippen LogP contribution in [0.3, 0.4) is 0 Å². The maximum absolute atomic E-state index is 12.5. The molecule has 1 aromatic heterocycles. The van der Waals surface area contributed by atoms with Gasteiger partial charge in [-0.15, -0.1) is 0 Å². The number of hydrogen-bond acceptors (Lipinski definition) is 6. The Morgan fingerprint density at radius 3 is 2.55 bits per heavy atom. The molecule has 0 unspecified atom stereocenters. The van der Waals surface area contributed by atoms with E-state index in [1.807, 2.05) is 48.5 Å². The van der Waals surface area contributed by atoms with Crippen LogP contribution in [0.4, 0.5) is 5.69 Å². The highest BCUT2D eigenvalue weighted by Gasteiger charge is 2.21. The maximum Gasteiger partial charge on any atom is 0.241 e. The van der Waals surface area contributed by atoms with Gasteiger partial charge >= 0.3 is 0 Å². The van der Waals surface area contributed by atoms with Crippen LogP contribution < -0.4 is 5.32 Å². The van der Waals surface area contributed by atoms with Gasteiger partial charge in [0.15, 0.2) is 0 Å². The minimum Gasteiger partial charge on any atom is -0.338 e. The van der Waals surface area contributed by atoms with Crippen molar-refractivity contribution >= 4 is 23.2 Å². The molecule has 0 saturated carbocycles. The van der Waals surface area contributed by atoms with Crippen LogP contribution in [-0.2, 0) is 17.8 Å². The average Bonchev–Trinajstić information content (AvgIpc) is 3.24. The summed E-state index contributed by atoms with van der Waals surface area (Å²) in [7, 11) is 0. The molecule has 0 bridgehead atoms. The van der Waals surface area contributed by atoms with E-state index < -0.39 is 0 Å². The molecule has 0 aliphatic carbocycles. The molecule has 2 aromatic carbocycles.